The molecule has 0 bridgehead atoms. The first kappa shape index (κ1) is 16.6. The number of rotatable bonds is 6. The summed E-state index contributed by atoms with van der Waals surface area (Å²) in [7, 11) is 1.37. The van der Waals surface area contributed by atoms with Crippen LogP contribution in [0.3, 0.4) is 0 Å². The molecule has 0 radical (unpaired) electrons. The molecule has 0 saturated heterocycles. The van der Waals surface area contributed by atoms with Gasteiger partial charge >= 0.3 is 5.97 Å². The molecule has 0 aliphatic rings. The molecular formula is C18H16FN3O3. The van der Waals surface area contributed by atoms with E-state index in [2.05, 4.69) is 10.2 Å². The van der Waals surface area contributed by atoms with Crippen molar-refractivity contribution in [3.8, 4) is 17.2 Å². The van der Waals surface area contributed by atoms with Crippen LogP contribution in [0.2, 0.25) is 0 Å². The molecule has 0 aliphatic carbocycles. The molecule has 0 unspecified atom stereocenters. The lowest BCUT2D eigenvalue weighted by molar-refractivity contribution is -0.134. The number of hydrogen-bond acceptors (Lipinski definition) is 5. The first-order valence-corrected chi connectivity index (χ1v) is 7.66. The summed E-state index contributed by atoms with van der Waals surface area (Å²) in [5, 5.41) is 7.93. The van der Waals surface area contributed by atoms with Crippen LogP contribution in [-0.2, 0) is 11.2 Å². The van der Waals surface area contributed by atoms with E-state index in [1.807, 2.05) is 30.3 Å². The summed E-state index contributed by atoms with van der Waals surface area (Å²) >= 11 is 0. The molecule has 7 heteroatoms. The third kappa shape index (κ3) is 4.00. The summed E-state index contributed by atoms with van der Waals surface area (Å²) in [4.78, 5) is 12.0. The molecule has 0 aliphatic heterocycles. The highest BCUT2D eigenvalue weighted by Gasteiger charge is 2.12. The number of para-hydroxylation sites is 1. The number of halogens is 1. The minimum Gasteiger partial charge on any atom is -0.494 e. The van der Waals surface area contributed by atoms with E-state index in [9.17, 15) is 9.18 Å². The van der Waals surface area contributed by atoms with Crippen LogP contribution in [0.1, 0.15) is 12.2 Å². The molecule has 128 valence electrons. The Hall–Kier alpha value is -3.22. The zero-order valence-corrected chi connectivity index (χ0v) is 13.6. The Morgan fingerprint density at radius 3 is 2.72 bits per heavy atom. The minimum atomic E-state index is -0.586. The van der Waals surface area contributed by atoms with Gasteiger partial charge in [-0.25, -0.2) is 4.39 Å². The lowest BCUT2D eigenvalue weighted by Gasteiger charge is -2.08. The summed E-state index contributed by atoms with van der Waals surface area (Å²) < 4.78 is 25.4. The highest BCUT2D eigenvalue weighted by atomic mass is 19.1. The van der Waals surface area contributed by atoms with E-state index in [1.54, 1.807) is 10.9 Å². The topological polar surface area (TPSA) is 66.2 Å². The van der Waals surface area contributed by atoms with Gasteiger partial charge in [0.05, 0.1) is 13.5 Å². The molecule has 3 rings (SSSR count). The SMILES string of the molecule is COc1ccc(OC(=O)CCc2nncn2-c2ccccc2)cc1F. The maximum absolute atomic E-state index is 13.6. The van der Waals surface area contributed by atoms with Crippen LogP contribution in [-0.4, -0.2) is 27.8 Å². The van der Waals surface area contributed by atoms with Crippen LogP contribution >= 0.6 is 0 Å². The molecule has 3 aromatic rings. The molecule has 1 aromatic heterocycles. The lowest BCUT2D eigenvalue weighted by Crippen LogP contribution is -2.11. The molecule has 0 saturated carbocycles. The highest BCUT2D eigenvalue weighted by Crippen LogP contribution is 2.22. The van der Waals surface area contributed by atoms with Crippen LogP contribution in [0.25, 0.3) is 5.69 Å². The predicted octanol–water partition coefficient (Wildman–Crippen LogP) is 2.95. The predicted molar refractivity (Wildman–Crippen MR) is 88.3 cm³/mol. The summed E-state index contributed by atoms with van der Waals surface area (Å²) in [5.41, 5.74) is 0.910. The number of esters is 1. The lowest BCUT2D eigenvalue weighted by atomic mass is 10.2. The Kier molecular flexibility index (Phi) is 5.03. The molecule has 0 amide bonds. The van der Waals surface area contributed by atoms with E-state index in [-0.39, 0.29) is 17.9 Å². The smallest absolute Gasteiger partial charge is 0.311 e. The Labute approximate surface area is 143 Å². The minimum absolute atomic E-state index is 0.0933. The summed E-state index contributed by atoms with van der Waals surface area (Å²) in [5.74, 6) is -0.198. The standard InChI is InChI=1S/C18H16FN3O3/c1-24-16-8-7-14(11-15(16)19)25-18(23)10-9-17-21-20-12-22(17)13-5-3-2-4-6-13/h2-8,11-12H,9-10H2,1H3. The van der Waals surface area contributed by atoms with Gasteiger partial charge in [0, 0.05) is 18.2 Å². The Bertz CT molecular complexity index is 865. The van der Waals surface area contributed by atoms with Crippen molar-refractivity contribution in [2.45, 2.75) is 12.8 Å². The average Bonchev–Trinajstić information content (AvgIpc) is 3.09. The van der Waals surface area contributed by atoms with Crippen molar-refractivity contribution < 1.29 is 18.7 Å². The van der Waals surface area contributed by atoms with Crippen LogP contribution < -0.4 is 9.47 Å². The van der Waals surface area contributed by atoms with Crippen molar-refractivity contribution in [3.63, 3.8) is 0 Å². The number of carbonyl (C=O) groups excluding carboxylic acids is 1. The third-order valence-corrected chi connectivity index (χ3v) is 3.56. The van der Waals surface area contributed by atoms with Gasteiger partial charge in [0.1, 0.15) is 17.9 Å². The van der Waals surface area contributed by atoms with Gasteiger partial charge < -0.3 is 9.47 Å². The van der Waals surface area contributed by atoms with Crippen molar-refractivity contribution in [2.24, 2.45) is 0 Å². The summed E-state index contributed by atoms with van der Waals surface area (Å²) in [6.07, 6.45) is 2.04. The molecule has 1 heterocycles. The Morgan fingerprint density at radius 2 is 2.00 bits per heavy atom. The zero-order chi connectivity index (χ0) is 17.6. The fraction of sp³-hybridized carbons (Fsp3) is 0.167. The molecule has 0 fully saturated rings. The van der Waals surface area contributed by atoms with E-state index in [1.165, 1.54) is 19.2 Å². The fourth-order valence-corrected chi connectivity index (χ4v) is 2.34. The molecule has 0 atom stereocenters. The number of nitrogens with zero attached hydrogens (tertiary/aromatic N) is 3. The number of ether oxygens (including phenoxy) is 2. The van der Waals surface area contributed by atoms with E-state index < -0.39 is 11.8 Å². The third-order valence-electron chi connectivity index (χ3n) is 3.56. The molecule has 25 heavy (non-hydrogen) atoms. The van der Waals surface area contributed by atoms with Crippen molar-refractivity contribution in [3.05, 3.63) is 66.5 Å². The van der Waals surface area contributed by atoms with Crippen LogP contribution in [0, 0.1) is 5.82 Å². The van der Waals surface area contributed by atoms with Crippen LogP contribution in [0.5, 0.6) is 11.5 Å². The maximum atomic E-state index is 13.6. The van der Waals surface area contributed by atoms with Crippen molar-refractivity contribution in [1.82, 2.24) is 14.8 Å². The quantitative estimate of drug-likeness (QED) is 0.509. The second-order valence-electron chi connectivity index (χ2n) is 5.22. The van der Waals surface area contributed by atoms with Gasteiger partial charge in [0.25, 0.3) is 0 Å². The average molecular weight is 341 g/mol. The van der Waals surface area contributed by atoms with Gasteiger partial charge in [-0.1, -0.05) is 18.2 Å². The molecule has 0 spiro atoms. The number of aromatic nitrogens is 3. The van der Waals surface area contributed by atoms with Crippen molar-refractivity contribution in [2.75, 3.05) is 7.11 Å². The number of methoxy groups -OCH3 is 1. The summed E-state index contributed by atoms with van der Waals surface area (Å²) in [6, 6.07) is 13.6. The second-order valence-corrected chi connectivity index (χ2v) is 5.22. The van der Waals surface area contributed by atoms with Gasteiger partial charge in [-0.3, -0.25) is 9.36 Å². The first-order chi connectivity index (χ1) is 12.2. The normalized spacial score (nSPS) is 10.5. The molecule has 6 nitrogen and oxygen atoms in total. The number of benzene rings is 2. The van der Waals surface area contributed by atoms with Gasteiger partial charge in [-0.05, 0) is 24.3 Å². The highest BCUT2D eigenvalue weighted by molar-refractivity contribution is 5.72. The van der Waals surface area contributed by atoms with Crippen molar-refractivity contribution in [1.29, 1.82) is 0 Å². The number of hydrogen-bond donors (Lipinski definition) is 0. The monoisotopic (exact) mass is 341 g/mol. The maximum Gasteiger partial charge on any atom is 0.311 e. The summed E-state index contributed by atoms with van der Waals surface area (Å²) in [6.45, 7) is 0. The zero-order valence-electron chi connectivity index (χ0n) is 13.6. The second kappa shape index (κ2) is 7.57. The van der Waals surface area contributed by atoms with Crippen LogP contribution in [0.15, 0.2) is 54.9 Å². The Balaban J connectivity index is 1.62. The first-order valence-electron chi connectivity index (χ1n) is 7.66. The Morgan fingerprint density at radius 1 is 1.20 bits per heavy atom. The van der Waals surface area contributed by atoms with Crippen molar-refractivity contribution >= 4 is 5.97 Å². The molecule has 2 aromatic carbocycles. The van der Waals surface area contributed by atoms with Crippen LogP contribution in [0.4, 0.5) is 4.39 Å². The van der Waals surface area contributed by atoms with E-state index in [0.717, 1.165) is 11.8 Å². The largest absolute Gasteiger partial charge is 0.494 e. The van der Waals surface area contributed by atoms with E-state index >= 15 is 0 Å². The van der Waals surface area contributed by atoms with Gasteiger partial charge in [-0.2, -0.15) is 0 Å². The van der Waals surface area contributed by atoms with E-state index in [0.29, 0.717) is 12.2 Å². The number of aryl methyl sites for hydroxylation is 1. The fourth-order valence-electron chi connectivity index (χ4n) is 2.34. The molecular weight excluding hydrogens is 325 g/mol. The van der Waals surface area contributed by atoms with E-state index in [4.69, 9.17) is 9.47 Å². The van der Waals surface area contributed by atoms with Gasteiger partial charge in [0.2, 0.25) is 0 Å². The van der Waals surface area contributed by atoms with Gasteiger partial charge in [0.15, 0.2) is 11.6 Å². The van der Waals surface area contributed by atoms with Gasteiger partial charge in [-0.15, -0.1) is 10.2 Å². The molecule has 0 N–H and O–H groups in total. The number of carbonyl (C=O) groups is 1.